The summed E-state index contributed by atoms with van der Waals surface area (Å²) in [6.45, 7) is 10.9. The minimum atomic E-state index is 0. The molecule has 0 atom stereocenters. The van der Waals surface area contributed by atoms with Crippen molar-refractivity contribution in [1.82, 2.24) is 0 Å². The summed E-state index contributed by atoms with van der Waals surface area (Å²) in [4.78, 5) is 0. The predicted octanol–water partition coefficient (Wildman–Crippen LogP) is 3.71. The molecule has 0 saturated carbocycles. The Morgan fingerprint density at radius 2 is 1.12 bits per heavy atom. The first-order chi connectivity index (χ1) is 3.65. The van der Waals surface area contributed by atoms with Crippen LogP contribution in [0.2, 0.25) is 0 Å². The molecule has 0 amide bonds. The summed E-state index contributed by atoms with van der Waals surface area (Å²) in [5, 5.41) is 0. The summed E-state index contributed by atoms with van der Waals surface area (Å²) in [7, 11) is 0. The van der Waals surface area contributed by atoms with E-state index in [9.17, 15) is 0 Å². The Labute approximate surface area is 55.8 Å². The van der Waals surface area contributed by atoms with Gasteiger partial charge in [0.05, 0.1) is 0 Å². The number of hydrogen-bond acceptors (Lipinski definition) is 0. The zero-order valence-corrected chi connectivity index (χ0v) is 6.99. The van der Waals surface area contributed by atoms with E-state index in [1.165, 1.54) is 12.8 Å². The van der Waals surface area contributed by atoms with Crippen LogP contribution in [-0.2, 0) is 0 Å². The Hall–Kier alpha value is 0. The van der Waals surface area contributed by atoms with Gasteiger partial charge in [0.15, 0.2) is 0 Å². The second kappa shape index (κ2) is 10.1. The second-order valence-electron chi connectivity index (χ2n) is 2.73. The Morgan fingerprint density at radius 3 is 1.12 bits per heavy atom. The van der Waals surface area contributed by atoms with Crippen LogP contribution < -0.4 is 0 Å². The highest BCUT2D eigenvalue weighted by atomic mass is 13.7. The molecule has 0 radical (unpaired) electrons. The lowest BCUT2D eigenvalue weighted by molar-refractivity contribution is 0.737. The molecule has 0 N–H and O–H groups in total. The quantitative estimate of drug-likeness (QED) is 0.493. The van der Waals surface area contributed by atoms with Gasteiger partial charge in [-0.3, -0.25) is 0 Å². The third-order valence-corrected chi connectivity index (χ3v) is 0.500. The molecule has 0 aromatic rings. The van der Waals surface area contributed by atoms with E-state index >= 15 is 0 Å². The number of rotatable bonds is 1. The summed E-state index contributed by atoms with van der Waals surface area (Å²) in [6, 6.07) is 0. The van der Waals surface area contributed by atoms with Gasteiger partial charge in [0, 0.05) is 1.43 Å². The van der Waals surface area contributed by atoms with Crippen LogP contribution in [-0.4, -0.2) is 0 Å². The zero-order chi connectivity index (χ0) is 6.99. The zero-order valence-electron chi connectivity index (χ0n) is 6.99. The fraction of sp³-hybridized carbons (Fsp3) is 1.00. The Morgan fingerprint density at radius 1 is 1.00 bits per heavy atom. The molecule has 0 heteroatoms. The van der Waals surface area contributed by atoms with Crippen molar-refractivity contribution >= 4 is 0 Å². The summed E-state index contributed by atoms with van der Waals surface area (Å²) in [6.07, 6.45) is 2.64. The summed E-state index contributed by atoms with van der Waals surface area (Å²) in [5.74, 6) is 0.833. The van der Waals surface area contributed by atoms with E-state index in [0.717, 1.165) is 5.92 Å². The van der Waals surface area contributed by atoms with Gasteiger partial charge in [-0.1, -0.05) is 47.5 Å². The van der Waals surface area contributed by atoms with Gasteiger partial charge in [-0.2, -0.15) is 0 Å². The third-order valence-electron chi connectivity index (χ3n) is 0.500. The van der Waals surface area contributed by atoms with Gasteiger partial charge < -0.3 is 0 Å². The lowest BCUT2D eigenvalue weighted by Crippen LogP contribution is -1.66. The molecule has 8 heavy (non-hydrogen) atoms. The van der Waals surface area contributed by atoms with Gasteiger partial charge in [-0.25, -0.2) is 0 Å². The van der Waals surface area contributed by atoms with Gasteiger partial charge in [0.25, 0.3) is 0 Å². The number of hydrogen-bond donors (Lipinski definition) is 0. The van der Waals surface area contributed by atoms with Crippen LogP contribution >= 0.6 is 0 Å². The molecule has 0 aliphatic heterocycles. The summed E-state index contributed by atoms with van der Waals surface area (Å²) in [5.41, 5.74) is 0. The molecule has 0 aliphatic rings. The van der Waals surface area contributed by atoms with Crippen molar-refractivity contribution in [3.8, 4) is 0 Å². The molecular formula is C8H22. The molecule has 0 bridgehead atoms. The largest absolute Gasteiger partial charge is 0.0654 e. The summed E-state index contributed by atoms with van der Waals surface area (Å²) < 4.78 is 0. The van der Waals surface area contributed by atoms with Crippen LogP contribution in [0.15, 0.2) is 0 Å². The van der Waals surface area contributed by atoms with Gasteiger partial charge in [0.1, 0.15) is 0 Å². The fourth-order valence-corrected chi connectivity index (χ4v) is 0. The fourth-order valence-electron chi connectivity index (χ4n) is 0. The van der Waals surface area contributed by atoms with Crippen molar-refractivity contribution in [2.24, 2.45) is 5.92 Å². The molecule has 0 rings (SSSR count). The molecule has 0 heterocycles. The topological polar surface area (TPSA) is 0 Å². The molecular weight excluding hydrogens is 96.1 g/mol. The van der Waals surface area contributed by atoms with Gasteiger partial charge in [-0.15, -0.1) is 0 Å². The summed E-state index contributed by atoms with van der Waals surface area (Å²) >= 11 is 0. The predicted molar refractivity (Wildman–Crippen MR) is 43.2 cm³/mol. The van der Waals surface area contributed by atoms with Crippen LogP contribution in [0.3, 0.4) is 0 Å². The Balaban J connectivity index is -0.0000000720. The van der Waals surface area contributed by atoms with E-state index in [4.69, 9.17) is 0 Å². The molecule has 54 valence electrons. The normalized spacial score (nSPS) is 8.25. The Bertz CT molecular complexity index is 21.0. The van der Waals surface area contributed by atoms with E-state index in [-0.39, 0.29) is 1.43 Å². The molecule has 0 spiro atoms. The number of unbranched alkanes of at least 4 members (excludes halogenated alkanes) is 1. The van der Waals surface area contributed by atoms with Crippen molar-refractivity contribution in [2.45, 2.75) is 47.5 Å². The van der Waals surface area contributed by atoms with Crippen LogP contribution in [0, 0.1) is 5.92 Å². The van der Waals surface area contributed by atoms with Gasteiger partial charge >= 0.3 is 0 Å². The van der Waals surface area contributed by atoms with Crippen molar-refractivity contribution in [1.29, 1.82) is 0 Å². The molecule has 0 aromatic carbocycles. The first-order valence-electron chi connectivity index (χ1n) is 3.65. The van der Waals surface area contributed by atoms with Crippen LogP contribution in [0.1, 0.15) is 48.9 Å². The van der Waals surface area contributed by atoms with E-state index in [0.29, 0.717) is 0 Å². The van der Waals surface area contributed by atoms with E-state index in [2.05, 4.69) is 34.6 Å². The molecule has 0 saturated heterocycles. The standard InChI is InChI=1S/2C4H10.H2/c1-4(2)3;1-3-4-2;/h4H,1-3H3;3-4H2,1-2H3;1H/i;;1+1. The lowest BCUT2D eigenvalue weighted by atomic mass is 10.3. The van der Waals surface area contributed by atoms with Gasteiger partial charge in [-0.05, 0) is 5.92 Å². The Kier molecular flexibility index (Phi) is 13.7. The third kappa shape index (κ3) is 150. The molecule has 0 nitrogen and oxygen atoms in total. The van der Waals surface area contributed by atoms with Crippen LogP contribution in [0.4, 0.5) is 0 Å². The van der Waals surface area contributed by atoms with E-state index in [1.807, 2.05) is 0 Å². The average Bonchev–Trinajstić information content (AvgIpc) is 1.65. The molecule has 0 aliphatic carbocycles. The monoisotopic (exact) mass is 119 g/mol. The van der Waals surface area contributed by atoms with E-state index < -0.39 is 0 Å². The lowest BCUT2D eigenvalue weighted by Gasteiger charge is -1.79. The highest BCUT2D eigenvalue weighted by Gasteiger charge is 1.68. The van der Waals surface area contributed by atoms with Gasteiger partial charge in [0.2, 0.25) is 0 Å². The van der Waals surface area contributed by atoms with E-state index in [1.54, 1.807) is 0 Å². The SMILES string of the molecule is CC(C)C.CCCC.[2HH]. The van der Waals surface area contributed by atoms with Crippen molar-refractivity contribution < 1.29 is 1.43 Å². The molecule has 0 aromatic heterocycles. The van der Waals surface area contributed by atoms with Crippen LogP contribution in [0.5, 0.6) is 0 Å². The highest BCUT2D eigenvalue weighted by molar-refractivity contribution is 4.20. The maximum atomic E-state index is 2.18. The highest BCUT2D eigenvalue weighted by Crippen LogP contribution is 1.81. The molecule has 0 fully saturated rings. The van der Waals surface area contributed by atoms with Crippen molar-refractivity contribution in [3.05, 3.63) is 0 Å². The minimum absolute atomic E-state index is 0. The van der Waals surface area contributed by atoms with Crippen molar-refractivity contribution in [3.63, 3.8) is 0 Å². The minimum Gasteiger partial charge on any atom is -0.0654 e. The van der Waals surface area contributed by atoms with Crippen molar-refractivity contribution in [2.75, 3.05) is 0 Å². The maximum absolute atomic E-state index is 2.18. The first-order valence-corrected chi connectivity index (χ1v) is 3.65. The molecule has 0 unspecified atom stereocenters. The second-order valence-corrected chi connectivity index (χ2v) is 2.73. The maximum Gasteiger partial charge on any atom is 0 e. The van der Waals surface area contributed by atoms with Crippen LogP contribution in [0.25, 0.3) is 0 Å². The average molecular weight is 119 g/mol. The smallest absolute Gasteiger partial charge is 0 e. The first kappa shape index (κ1) is 10.9.